The third-order valence-electron chi connectivity index (χ3n) is 1.04. The largest absolute Gasteiger partial charge is 1.00 e. The Kier molecular flexibility index (Phi) is 9.41. The van der Waals surface area contributed by atoms with Gasteiger partial charge in [-0.3, -0.25) is 0 Å². The van der Waals surface area contributed by atoms with E-state index >= 15 is 0 Å². The zero-order chi connectivity index (χ0) is 7.49. The van der Waals surface area contributed by atoms with Gasteiger partial charge in [0.05, 0.1) is 0 Å². The van der Waals surface area contributed by atoms with Gasteiger partial charge < -0.3 is 24.0 Å². The number of hydrogen-bond donors (Lipinski definition) is 0. The molecule has 0 aliphatic carbocycles. The quantitative estimate of drug-likeness (QED) is 0.340. The zero-order valence-electron chi connectivity index (χ0n) is 7.08. The Morgan fingerprint density at radius 2 is 1.70 bits per heavy atom. The molecule has 0 aromatic carbocycles. The third kappa shape index (κ3) is 8.08. The smallest absolute Gasteiger partial charge is 1.00 e. The molecule has 0 nitrogen and oxygen atoms in total. The van der Waals surface area contributed by atoms with Gasteiger partial charge in [0, 0.05) is 0 Å². The normalized spacial score (nSPS) is 11.4. The summed E-state index contributed by atoms with van der Waals surface area (Å²) < 4.78 is 1.30. The van der Waals surface area contributed by atoms with Crippen LogP contribution in [0, 0.1) is 5.41 Å². The predicted octanol–water partition coefficient (Wildman–Crippen LogP) is 0.206. The molecule has 0 radical (unpaired) electrons. The van der Waals surface area contributed by atoms with Gasteiger partial charge in [-0.05, 0) is 0 Å². The van der Waals surface area contributed by atoms with Crippen molar-refractivity contribution < 1.29 is 24.0 Å². The molecule has 0 aromatic rings. The maximum Gasteiger partial charge on any atom is -1.00 e. The summed E-state index contributed by atoms with van der Waals surface area (Å²) >= 11 is 2.28. The van der Waals surface area contributed by atoms with E-state index in [9.17, 15) is 0 Å². The minimum Gasteiger partial charge on any atom is -1.00 e. The summed E-state index contributed by atoms with van der Waals surface area (Å²) in [5.74, 6) is 4.82. The average molecular weight is 433 g/mol. The molecular weight excluding hydrogens is 417 g/mol. The third-order valence-corrected chi connectivity index (χ3v) is 5.96. The van der Waals surface area contributed by atoms with Crippen molar-refractivity contribution in [1.82, 2.24) is 0 Å². The van der Waals surface area contributed by atoms with Crippen LogP contribution in [0.1, 0.15) is 13.8 Å². The Morgan fingerprint density at radius 1 is 1.30 bits per heavy atom. The zero-order valence-corrected chi connectivity index (χ0v) is 13.1. The maximum atomic E-state index is 2.48. The van der Waals surface area contributed by atoms with Crippen LogP contribution in [0.2, 0.25) is 17.0 Å². The molecule has 0 rings (SSSR count). The minimum atomic E-state index is -0.202. The molecule has 0 saturated heterocycles. The van der Waals surface area contributed by atoms with Crippen molar-refractivity contribution in [3.05, 3.63) is 0 Å². The monoisotopic (exact) mass is 434 g/mol. The van der Waals surface area contributed by atoms with E-state index in [4.69, 9.17) is 0 Å². The first kappa shape index (κ1) is 14.5. The van der Waals surface area contributed by atoms with Gasteiger partial charge in [0.15, 0.2) is 0 Å². The second-order valence-corrected chi connectivity index (χ2v) is 8.93. The molecule has 0 heterocycles. The Hall–Kier alpha value is 1.98. The minimum absolute atomic E-state index is 0. The van der Waals surface area contributed by atoms with Gasteiger partial charge in [0.2, 0.25) is 0 Å². The fourth-order valence-electron chi connectivity index (χ4n) is 0.820. The number of hydrogen-bond acceptors (Lipinski definition) is 0. The van der Waals surface area contributed by atoms with Crippen LogP contribution in [0.25, 0.3) is 0 Å². The molecule has 3 heteroatoms. The summed E-state index contributed by atoms with van der Waals surface area (Å²) in [7, 11) is 0. The SMILES string of the molecule is C[Se+](C)CC(C)(C)CI.[I-]. The summed E-state index contributed by atoms with van der Waals surface area (Å²) in [6.07, 6.45) is 0. The second-order valence-electron chi connectivity index (χ2n) is 3.43. The van der Waals surface area contributed by atoms with Crippen molar-refractivity contribution in [3.63, 3.8) is 0 Å². The average Bonchev–Trinajstić information content (AvgIpc) is 1.63. The van der Waals surface area contributed by atoms with Crippen molar-refractivity contribution in [1.29, 1.82) is 0 Å². The molecule has 0 aliphatic rings. The summed E-state index contributed by atoms with van der Waals surface area (Å²) in [6, 6.07) is 0. The molecule has 0 unspecified atom stereocenters. The van der Waals surface area contributed by atoms with Gasteiger partial charge in [-0.2, -0.15) is 0 Å². The van der Waals surface area contributed by atoms with Gasteiger partial charge in [-0.1, -0.05) is 0 Å². The van der Waals surface area contributed by atoms with E-state index in [2.05, 4.69) is 48.1 Å². The molecule has 0 N–H and O–H groups in total. The standard InChI is InChI=1S/C7H16ISe.HI/c1-7(2,5-8)6-9(3)4;/h5-6H2,1-4H3;1H/q+1;/p-1. The first-order valence-corrected chi connectivity index (χ1v) is 9.24. The summed E-state index contributed by atoms with van der Waals surface area (Å²) in [4.78, 5) is 0. The Bertz CT molecular complexity index is 81.7. The molecule has 0 spiro atoms. The van der Waals surface area contributed by atoms with Crippen LogP contribution in [-0.2, 0) is 0 Å². The van der Waals surface area contributed by atoms with Crippen molar-refractivity contribution >= 4 is 36.5 Å². The molecule has 0 bridgehead atoms. The van der Waals surface area contributed by atoms with Crippen molar-refractivity contribution in [2.24, 2.45) is 5.41 Å². The van der Waals surface area contributed by atoms with Crippen molar-refractivity contribution in [3.8, 4) is 0 Å². The molecule has 0 aromatic heterocycles. The second kappa shape index (κ2) is 6.49. The Labute approximate surface area is 100.0 Å². The molecule has 0 atom stereocenters. The molecule has 10 heavy (non-hydrogen) atoms. The first-order valence-electron chi connectivity index (χ1n) is 3.08. The van der Waals surface area contributed by atoms with Crippen LogP contribution in [0.15, 0.2) is 0 Å². The van der Waals surface area contributed by atoms with E-state index in [1.165, 1.54) is 9.75 Å². The number of alkyl halides is 1. The maximum absolute atomic E-state index is 2.48. The van der Waals surface area contributed by atoms with E-state index in [0.717, 1.165) is 0 Å². The van der Waals surface area contributed by atoms with Crippen LogP contribution in [0.4, 0.5) is 0 Å². The van der Waals surface area contributed by atoms with Crippen molar-refractivity contribution in [2.45, 2.75) is 30.8 Å². The van der Waals surface area contributed by atoms with E-state index in [0.29, 0.717) is 5.41 Å². The van der Waals surface area contributed by atoms with Crippen LogP contribution in [0.3, 0.4) is 0 Å². The van der Waals surface area contributed by atoms with Crippen LogP contribution in [0.5, 0.6) is 0 Å². The topological polar surface area (TPSA) is 0 Å². The van der Waals surface area contributed by atoms with Gasteiger partial charge in [-0.25, -0.2) is 0 Å². The fraction of sp³-hybridized carbons (Fsp3) is 1.00. The van der Waals surface area contributed by atoms with E-state index < -0.39 is 0 Å². The molecule has 0 amide bonds. The molecular formula is C7H16I2Se. The molecule has 0 saturated carbocycles. The molecule has 0 aliphatic heterocycles. The summed E-state index contributed by atoms with van der Waals surface area (Å²) in [5, 5.41) is 1.47. The van der Waals surface area contributed by atoms with E-state index in [1.807, 2.05) is 0 Å². The van der Waals surface area contributed by atoms with E-state index in [1.54, 1.807) is 0 Å². The Balaban J connectivity index is 0. The molecule has 64 valence electrons. The number of halogens is 2. The summed E-state index contributed by atoms with van der Waals surface area (Å²) in [6.45, 7) is 4.73. The van der Waals surface area contributed by atoms with Gasteiger partial charge in [0.1, 0.15) is 0 Å². The Morgan fingerprint density at radius 3 is 1.80 bits per heavy atom. The van der Waals surface area contributed by atoms with Gasteiger partial charge in [0.25, 0.3) is 0 Å². The van der Waals surface area contributed by atoms with Crippen LogP contribution >= 0.6 is 22.6 Å². The van der Waals surface area contributed by atoms with Gasteiger partial charge >= 0.3 is 77.1 Å². The predicted molar refractivity (Wildman–Crippen MR) is 55.0 cm³/mol. The molecule has 0 fully saturated rings. The van der Waals surface area contributed by atoms with Gasteiger partial charge in [-0.15, -0.1) is 0 Å². The first-order chi connectivity index (χ1) is 3.98. The van der Waals surface area contributed by atoms with E-state index in [-0.39, 0.29) is 37.9 Å². The van der Waals surface area contributed by atoms with Crippen LogP contribution < -0.4 is 24.0 Å². The summed E-state index contributed by atoms with van der Waals surface area (Å²) in [5.41, 5.74) is 0.606. The number of rotatable bonds is 3. The van der Waals surface area contributed by atoms with Crippen LogP contribution in [-0.4, -0.2) is 18.3 Å². The van der Waals surface area contributed by atoms with Crippen molar-refractivity contribution in [2.75, 3.05) is 4.43 Å². The fourth-order valence-corrected chi connectivity index (χ4v) is 5.41.